The van der Waals surface area contributed by atoms with E-state index in [0.29, 0.717) is 19.6 Å². The molecule has 3 fully saturated rings. The van der Waals surface area contributed by atoms with E-state index >= 15 is 0 Å². The third-order valence-electron chi connectivity index (χ3n) is 6.05. The molecule has 2 saturated heterocycles. The van der Waals surface area contributed by atoms with Crippen LogP contribution in [0, 0.1) is 5.92 Å². The first-order valence-corrected chi connectivity index (χ1v) is 11.2. The number of fused-ring (bicyclic) bond motifs is 1. The van der Waals surface area contributed by atoms with E-state index < -0.39 is 9.84 Å². The molecule has 0 radical (unpaired) electrons. The molecule has 0 N–H and O–H groups in total. The first-order valence-electron chi connectivity index (χ1n) is 9.35. The second-order valence-corrected chi connectivity index (χ2v) is 9.85. The third kappa shape index (κ3) is 3.34. The summed E-state index contributed by atoms with van der Waals surface area (Å²) in [5.74, 6) is 1.34. The zero-order chi connectivity index (χ0) is 18.3. The summed E-state index contributed by atoms with van der Waals surface area (Å²) in [6.45, 7) is 2.02. The number of sulfone groups is 1. The number of carbonyl (C=O) groups excluding carboxylic acids is 1. The van der Waals surface area contributed by atoms with E-state index in [1.807, 2.05) is 29.2 Å². The number of hydrogen-bond donors (Lipinski definition) is 0. The molecule has 7 heteroatoms. The Morgan fingerprint density at radius 3 is 2.65 bits per heavy atom. The van der Waals surface area contributed by atoms with E-state index in [1.165, 1.54) is 0 Å². The molecule has 1 amide bonds. The van der Waals surface area contributed by atoms with Crippen molar-refractivity contribution in [2.24, 2.45) is 5.92 Å². The predicted octanol–water partition coefficient (Wildman–Crippen LogP) is 1.31. The standard InChI is InChI=1S/C19H26N2O4S/c1-25-16-7-2-4-14(10-16)11-20-8-9-21(19(22)15-5-3-6-15)18-13-26(23,24)12-17(18)20/h2,4,7,10,15,17-18H,3,5-6,8-9,11-13H2,1H3/t17-,18+/m0/s1. The Morgan fingerprint density at radius 1 is 1.19 bits per heavy atom. The number of ether oxygens (including phenoxy) is 1. The van der Waals surface area contributed by atoms with E-state index in [1.54, 1.807) is 7.11 Å². The van der Waals surface area contributed by atoms with Gasteiger partial charge in [0.2, 0.25) is 5.91 Å². The maximum absolute atomic E-state index is 12.8. The molecule has 1 aliphatic carbocycles. The van der Waals surface area contributed by atoms with Crippen LogP contribution >= 0.6 is 0 Å². The molecule has 1 aromatic carbocycles. The highest BCUT2D eigenvalue weighted by Crippen LogP contribution is 2.34. The van der Waals surface area contributed by atoms with Crippen molar-refractivity contribution < 1.29 is 17.9 Å². The van der Waals surface area contributed by atoms with Gasteiger partial charge in [0.15, 0.2) is 9.84 Å². The molecule has 2 heterocycles. The SMILES string of the molecule is COc1cccc(CN2CCN(C(=O)C3CCC3)[C@@H]3CS(=O)(=O)C[C@@H]32)c1. The molecular weight excluding hydrogens is 352 g/mol. The van der Waals surface area contributed by atoms with Crippen LogP contribution in [-0.2, 0) is 21.2 Å². The van der Waals surface area contributed by atoms with Crippen LogP contribution in [0.4, 0.5) is 0 Å². The van der Waals surface area contributed by atoms with Crippen molar-refractivity contribution in [3.8, 4) is 5.75 Å². The van der Waals surface area contributed by atoms with Gasteiger partial charge in [0.1, 0.15) is 5.75 Å². The lowest BCUT2D eigenvalue weighted by Gasteiger charge is -2.45. The van der Waals surface area contributed by atoms with Crippen LogP contribution in [0.1, 0.15) is 24.8 Å². The second kappa shape index (κ2) is 6.85. The smallest absolute Gasteiger partial charge is 0.226 e. The molecule has 3 aliphatic rings. The van der Waals surface area contributed by atoms with Gasteiger partial charge in [-0.1, -0.05) is 18.6 Å². The molecule has 1 saturated carbocycles. The lowest BCUT2D eigenvalue weighted by molar-refractivity contribution is -0.144. The highest BCUT2D eigenvalue weighted by atomic mass is 32.2. The van der Waals surface area contributed by atoms with E-state index in [-0.39, 0.29) is 35.4 Å². The van der Waals surface area contributed by atoms with Gasteiger partial charge in [-0.05, 0) is 30.5 Å². The van der Waals surface area contributed by atoms with Crippen molar-refractivity contribution in [3.05, 3.63) is 29.8 Å². The van der Waals surface area contributed by atoms with Crippen molar-refractivity contribution in [1.82, 2.24) is 9.80 Å². The number of benzene rings is 1. The summed E-state index contributed by atoms with van der Waals surface area (Å²) in [5, 5.41) is 0. The van der Waals surface area contributed by atoms with Gasteiger partial charge in [0, 0.05) is 31.6 Å². The first-order chi connectivity index (χ1) is 12.5. The number of amides is 1. The fourth-order valence-corrected chi connectivity index (χ4v) is 6.40. The zero-order valence-electron chi connectivity index (χ0n) is 15.1. The average molecular weight is 378 g/mol. The molecule has 142 valence electrons. The molecule has 26 heavy (non-hydrogen) atoms. The quantitative estimate of drug-likeness (QED) is 0.790. The van der Waals surface area contributed by atoms with Gasteiger partial charge >= 0.3 is 0 Å². The number of piperazine rings is 1. The summed E-state index contributed by atoms with van der Waals surface area (Å²) in [6, 6.07) is 7.57. The monoisotopic (exact) mass is 378 g/mol. The topological polar surface area (TPSA) is 66.9 Å². The van der Waals surface area contributed by atoms with E-state index in [2.05, 4.69) is 4.90 Å². The Hall–Kier alpha value is -1.60. The number of carbonyl (C=O) groups is 1. The van der Waals surface area contributed by atoms with Crippen molar-refractivity contribution in [2.45, 2.75) is 37.9 Å². The fourth-order valence-electron chi connectivity index (χ4n) is 4.39. The Balaban J connectivity index is 1.54. The van der Waals surface area contributed by atoms with Crippen LogP contribution in [0.25, 0.3) is 0 Å². The molecule has 2 aliphatic heterocycles. The number of nitrogens with zero attached hydrogens (tertiary/aromatic N) is 2. The van der Waals surface area contributed by atoms with Crippen LogP contribution < -0.4 is 4.74 Å². The summed E-state index contributed by atoms with van der Waals surface area (Å²) >= 11 is 0. The Morgan fingerprint density at radius 2 is 1.96 bits per heavy atom. The van der Waals surface area contributed by atoms with Crippen molar-refractivity contribution >= 4 is 15.7 Å². The summed E-state index contributed by atoms with van der Waals surface area (Å²) in [6.07, 6.45) is 3.01. The third-order valence-corrected chi connectivity index (χ3v) is 7.75. The van der Waals surface area contributed by atoms with Gasteiger partial charge < -0.3 is 9.64 Å². The number of methoxy groups -OCH3 is 1. The minimum atomic E-state index is -3.11. The first kappa shape index (κ1) is 17.8. The largest absolute Gasteiger partial charge is 0.497 e. The molecule has 1 aromatic rings. The summed E-state index contributed by atoms with van der Waals surface area (Å²) in [4.78, 5) is 16.9. The van der Waals surface area contributed by atoms with Crippen molar-refractivity contribution in [3.63, 3.8) is 0 Å². The molecule has 4 rings (SSSR count). The van der Waals surface area contributed by atoms with Crippen LogP contribution in [0.5, 0.6) is 5.75 Å². The lowest BCUT2D eigenvalue weighted by atomic mass is 9.83. The van der Waals surface area contributed by atoms with Crippen LogP contribution in [0.2, 0.25) is 0 Å². The van der Waals surface area contributed by atoms with E-state index in [0.717, 1.165) is 30.6 Å². The number of rotatable bonds is 4. The highest BCUT2D eigenvalue weighted by molar-refractivity contribution is 7.91. The zero-order valence-corrected chi connectivity index (χ0v) is 16.0. The summed E-state index contributed by atoms with van der Waals surface area (Å²) in [7, 11) is -1.47. The molecule has 6 nitrogen and oxygen atoms in total. The Labute approximate surface area is 155 Å². The molecular formula is C19H26N2O4S. The molecule has 0 spiro atoms. The van der Waals surface area contributed by atoms with E-state index in [9.17, 15) is 13.2 Å². The minimum Gasteiger partial charge on any atom is -0.497 e. The molecule has 0 aromatic heterocycles. The predicted molar refractivity (Wildman–Crippen MR) is 98.7 cm³/mol. The maximum Gasteiger partial charge on any atom is 0.226 e. The van der Waals surface area contributed by atoms with Crippen LogP contribution in [0.3, 0.4) is 0 Å². The van der Waals surface area contributed by atoms with Gasteiger partial charge in [0.25, 0.3) is 0 Å². The summed E-state index contributed by atoms with van der Waals surface area (Å²) in [5.41, 5.74) is 1.10. The van der Waals surface area contributed by atoms with Gasteiger partial charge in [-0.3, -0.25) is 9.69 Å². The van der Waals surface area contributed by atoms with Gasteiger partial charge in [-0.2, -0.15) is 0 Å². The fraction of sp³-hybridized carbons (Fsp3) is 0.632. The lowest BCUT2D eigenvalue weighted by Crippen LogP contribution is -2.61. The van der Waals surface area contributed by atoms with Crippen molar-refractivity contribution in [2.75, 3.05) is 31.7 Å². The van der Waals surface area contributed by atoms with Gasteiger partial charge in [-0.15, -0.1) is 0 Å². The normalized spacial score (nSPS) is 28.4. The van der Waals surface area contributed by atoms with Gasteiger partial charge in [-0.25, -0.2) is 8.42 Å². The average Bonchev–Trinajstić information content (AvgIpc) is 2.89. The van der Waals surface area contributed by atoms with E-state index in [4.69, 9.17) is 4.74 Å². The Kier molecular flexibility index (Phi) is 4.69. The highest BCUT2D eigenvalue weighted by Gasteiger charge is 2.49. The van der Waals surface area contributed by atoms with Crippen LogP contribution in [-0.4, -0.2) is 67.9 Å². The molecule has 2 atom stereocenters. The Bertz CT molecular complexity index is 790. The summed E-state index contributed by atoms with van der Waals surface area (Å²) < 4.78 is 30.0. The molecule has 0 bridgehead atoms. The number of hydrogen-bond acceptors (Lipinski definition) is 5. The van der Waals surface area contributed by atoms with Gasteiger partial charge in [0.05, 0.1) is 24.7 Å². The second-order valence-electron chi connectivity index (χ2n) is 7.69. The minimum absolute atomic E-state index is 0.102. The molecule has 0 unspecified atom stereocenters. The maximum atomic E-state index is 12.8. The van der Waals surface area contributed by atoms with Crippen LogP contribution in [0.15, 0.2) is 24.3 Å². The van der Waals surface area contributed by atoms with Crippen molar-refractivity contribution in [1.29, 1.82) is 0 Å².